The third kappa shape index (κ3) is 3.70. The third-order valence-electron chi connectivity index (χ3n) is 2.44. The average molecular weight is 256 g/mol. The molecule has 0 radical (unpaired) electrons. The van der Waals surface area contributed by atoms with Crippen LogP contribution in [-0.2, 0) is 9.47 Å². The minimum absolute atomic E-state index is 0.134. The molecular formula is C12H14ClNO3. The molecule has 0 bridgehead atoms. The number of carbonyl (C=O) groups excluding carboxylic acids is 1. The molecule has 1 aromatic carbocycles. The lowest BCUT2D eigenvalue weighted by Crippen LogP contribution is -2.27. The lowest BCUT2D eigenvalue weighted by molar-refractivity contribution is -0.0455. The summed E-state index contributed by atoms with van der Waals surface area (Å²) in [5.41, 5.74) is 0.561. The van der Waals surface area contributed by atoms with Gasteiger partial charge in [-0.2, -0.15) is 0 Å². The van der Waals surface area contributed by atoms with Gasteiger partial charge in [-0.25, -0.2) is 0 Å². The van der Waals surface area contributed by atoms with Crippen LogP contribution < -0.4 is 5.32 Å². The highest BCUT2D eigenvalue weighted by atomic mass is 35.5. The summed E-state index contributed by atoms with van der Waals surface area (Å²) >= 11 is 5.81. The van der Waals surface area contributed by atoms with Crippen molar-refractivity contribution in [3.05, 3.63) is 34.9 Å². The lowest BCUT2D eigenvalue weighted by atomic mass is 10.2. The lowest BCUT2D eigenvalue weighted by Gasteiger charge is -2.09. The van der Waals surface area contributed by atoms with Gasteiger partial charge in [-0.15, -0.1) is 0 Å². The normalized spacial score (nSPS) is 16.1. The van der Waals surface area contributed by atoms with E-state index in [-0.39, 0.29) is 12.2 Å². The van der Waals surface area contributed by atoms with Crippen molar-refractivity contribution in [3.8, 4) is 0 Å². The van der Waals surface area contributed by atoms with Crippen molar-refractivity contribution in [2.24, 2.45) is 0 Å². The van der Waals surface area contributed by atoms with E-state index in [1.54, 1.807) is 24.3 Å². The average Bonchev–Trinajstić information content (AvgIpc) is 2.82. The Labute approximate surface area is 105 Å². The van der Waals surface area contributed by atoms with E-state index < -0.39 is 0 Å². The summed E-state index contributed by atoms with van der Waals surface area (Å²) < 4.78 is 10.5. The molecule has 0 unspecified atom stereocenters. The molecule has 0 saturated carbocycles. The molecule has 4 nitrogen and oxygen atoms in total. The maximum Gasteiger partial charge on any atom is 0.251 e. The summed E-state index contributed by atoms with van der Waals surface area (Å²) in [4.78, 5) is 11.7. The predicted molar refractivity (Wildman–Crippen MR) is 64.1 cm³/mol. The molecule has 5 heteroatoms. The number of amides is 1. The second-order valence-electron chi connectivity index (χ2n) is 3.73. The van der Waals surface area contributed by atoms with E-state index in [1.807, 2.05) is 0 Å². The fourth-order valence-electron chi connectivity index (χ4n) is 1.61. The van der Waals surface area contributed by atoms with Crippen LogP contribution in [0.15, 0.2) is 24.3 Å². The summed E-state index contributed by atoms with van der Waals surface area (Å²) in [6, 6.07) is 6.85. The minimum atomic E-state index is -0.185. The number of rotatable bonds is 4. The molecule has 1 aliphatic rings. The van der Waals surface area contributed by atoms with Gasteiger partial charge in [-0.3, -0.25) is 4.79 Å². The van der Waals surface area contributed by atoms with E-state index in [1.165, 1.54) is 0 Å². The summed E-state index contributed by atoms with van der Waals surface area (Å²) in [6.07, 6.45) is 0.474. The van der Waals surface area contributed by atoms with Crippen molar-refractivity contribution in [2.45, 2.75) is 12.7 Å². The molecule has 1 amide bonds. The first kappa shape index (κ1) is 12.4. The fraction of sp³-hybridized carbons (Fsp3) is 0.417. The van der Waals surface area contributed by atoms with Crippen molar-refractivity contribution in [1.29, 1.82) is 0 Å². The third-order valence-corrected chi connectivity index (χ3v) is 2.68. The Kier molecular flexibility index (Phi) is 4.36. The number of halogens is 1. The number of carbonyl (C=O) groups is 1. The second kappa shape index (κ2) is 6.00. The Morgan fingerprint density at radius 2 is 2.18 bits per heavy atom. The number of benzene rings is 1. The highest BCUT2D eigenvalue weighted by Gasteiger charge is 2.15. The zero-order chi connectivity index (χ0) is 12.1. The first-order chi connectivity index (χ1) is 8.25. The molecule has 0 atom stereocenters. The highest BCUT2D eigenvalue weighted by Crippen LogP contribution is 2.11. The quantitative estimate of drug-likeness (QED) is 0.893. The van der Waals surface area contributed by atoms with Gasteiger partial charge in [-0.1, -0.05) is 17.7 Å². The Bertz CT molecular complexity index is 391. The van der Waals surface area contributed by atoms with Crippen LogP contribution in [0.4, 0.5) is 0 Å². The molecule has 92 valence electrons. The van der Waals surface area contributed by atoms with Crippen molar-refractivity contribution in [2.75, 3.05) is 19.8 Å². The van der Waals surface area contributed by atoms with E-state index in [0.717, 1.165) is 0 Å². The first-order valence-electron chi connectivity index (χ1n) is 5.53. The van der Waals surface area contributed by atoms with Crippen molar-refractivity contribution in [3.63, 3.8) is 0 Å². The Balaban J connectivity index is 1.77. The molecule has 2 rings (SSSR count). The van der Waals surface area contributed by atoms with E-state index >= 15 is 0 Å². The molecule has 1 heterocycles. The maximum absolute atomic E-state index is 11.7. The summed E-state index contributed by atoms with van der Waals surface area (Å²) in [5.74, 6) is -0.134. The SMILES string of the molecule is O=C(NCCC1OCCO1)c1cccc(Cl)c1. The highest BCUT2D eigenvalue weighted by molar-refractivity contribution is 6.30. The van der Waals surface area contributed by atoms with Gasteiger partial charge in [0.1, 0.15) is 0 Å². The topological polar surface area (TPSA) is 47.6 Å². The molecule has 1 saturated heterocycles. The molecule has 0 aromatic heterocycles. The molecule has 0 spiro atoms. The van der Waals surface area contributed by atoms with Crippen molar-refractivity contribution >= 4 is 17.5 Å². The van der Waals surface area contributed by atoms with Crippen LogP contribution >= 0.6 is 11.6 Å². The monoisotopic (exact) mass is 255 g/mol. The summed E-state index contributed by atoms with van der Waals surface area (Å²) in [6.45, 7) is 1.79. The van der Waals surface area contributed by atoms with Crippen LogP contribution in [-0.4, -0.2) is 32.0 Å². The van der Waals surface area contributed by atoms with Crippen LogP contribution in [0.2, 0.25) is 5.02 Å². The Morgan fingerprint density at radius 3 is 2.88 bits per heavy atom. The molecule has 1 aliphatic heterocycles. The zero-order valence-electron chi connectivity index (χ0n) is 9.32. The van der Waals surface area contributed by atoms with E-state index in [2.05, 4.69) is 5.32 Å². The standard InChI is InChI=1S/C12H14ClNO3/c13-10-3-1-2-9(8-10)12(15)14-5-4-11-16-6-7-17-11/h1-3,8,11H,4-7H2,(H,14,15). The number of ether oxygens (including phenoxy) is 2. The first-order valence-corrected chi connectivity index (χ1v) is 5.90. The smallest absolute Gasteiger partial charge is 0.251 e. The molecule has 1 N–H and O–H groups in total. The van der Waals surface area contributed by atoms with Crippen molar-refractivity contribution in [1.82, 2.24) is 5.32 Å². The van der Waals surface area contributed by atoms with Crippen LogP contribution in [0.3, 0.4) is 0 Å². The Morgan fingerprint density at radius 1 is 1.41 bits per heavy atom. The van der Waals surface area contributed by atoms with Crippen LogP contribution in [0.5, 0.6) is 0 Å². The fourth-order valence-corrected chi connectivity index (χ4v) is 1.80. The molecule has 0 aliphatic carbocycles. The molecule has 1 aromatic rings. The molecule has 17 heavy (non-hydrogen) atoms. The van der Waals surface area contributed by atoms with Gasteiger partial charge in [-0.05, 0) is 18.2 Å². The predicted octanol–water partition coefficient (Wildman–Crippen LogP) is 1.83. The Hall–Kier alpha value is -1.10. The van der Waals surface area contributed by atoms with Crippen molar-refractivity contribution < 1.29 is 14.3 Å². The van der Waals surface area contributed by atoms with Gasteiger partial charge in [0, 0.05) is 23.6 Å². The number of nitrogens with one attached hydrogen (secondary N) is 1. The number of hydrogen-bond donors (Lipinski definition) is 1. The van der Waals surface area contributed by atoms with Crippen LogP contribution in [0.25, 0.3) is 0 Å². The molecule has 1 fully saturated rings. The summed E-state index contributed by atoms with van der Waals surface area (Å²) in [7, 11) is 0. The largest absolute Gasteiger partial charge is 0.352 e. The van der Waals surface area contributed by atoms with Gasteiger partial charge in [0.05, 0.1) is 13.2 Å². The van der Waals surface area contributed by atoms with E-state index in [4.69, 9.17) is 21.1 Å². The summed E-state index contributed by atoms with van der Waals surface area (Å²) in [5, 5.41) is 3.35. The minimum Gasteiger partial charge on any atom is -0.352 e. The molecular weight excluding hydrogens is 242 g/mol. The van der Waals surface area contributed by atoms with Gasteiger partial charge in [0.15, 0.2) is 6.29 Å². The maximum atomic E-state index is 11.7. The number of hydrogen-bond acceptors (Lipinski definition) is 3. The van der Waals surface area contributed by atoms with Gasteiger partial charge < -0.3 is 14.8 Å². The van der Waals surface area contributed by atoms with Crippen LogP contribution in [0.1, 0.15) is 16.8 Å². The van der Waals surface area contributed by atoms with Crippen LogP contribution in [0, 0.1) is 0 Å². The van der Waals surface area contributed by atoms with Gasteiger partial charge in [0.25, 0.3) is 5.91 Å². The van der Waals surface area contributed by atoms with E-state index in [9.17, 15) is 4.79 Å². The van der Waals surface area contributed by atoms with Gasteiger partial charge in [0.2, 0.25) is 0 Å². The van der Waals surface area contributed by atoms with Gasteiger partial charge >= 0.3 is 0 Å². The second-order valence-corrected chi connectivity index (χ2v) is 4.16. The zero-order valence-corrected chi connectivity index (χ0v) is 10.1. The van der Waals surface area contributed by atoms with E-state index in [0.29, 0.717) is 36.8 Å².